The lowest BCUT2D eigenvalue weighted by atomic mass is 10.1. The maximum absolute atomic E-state index is 12.3. The number of nitrogens with zero attached hydrogens (tertiary/aromatic N) is 4. The van der Waals surface area contributed by atoms with Crippen LogP contribution in [0.15, 0.2) is 29.6 Å². The maximum atomic E-state index is 12.3. The molecule has 0 unspecified atom stereocenters. The lowest BCUT2D eigenvalue weighted by Crippen LogP contribution is -2.50. The van der Waals surface area contributed by atoms with Crippen LogP contribution in [-0.4, -0.2) is 47.8 Å². The van der Waals surface area contributed by atoms with Gasteiger partial charge in [0.05, 0.1) is 17.1 Å². The smallest absolute Gasteiger partial charge is 0.410 e. The molecule has 0 saturated carbocycles. The molecule has 3 aromatic rings. The van der Waals surface area contributed by atoms with Crippen molar-refractivity contribution in [1.82, 2.24) is 9.88 Å². The zero-order chi connectivity index (χ0) is 19.9. The molecule has 1 amide bonds. The van der Waals surface area contributed by atoms with Crippen LogP contribution in [0.1, 0.15) is 26.3 Å². The largest absolute Gasteiger partial charge is 0.444 e. The Balaban J connectivity index is 1.62. The molecule has 1 fully saturated rings. The molecule has 3 heterocycles. The van der Waals surface area contributed by atoms with Gasteiger partial charge in [0, 0.05) is 41.7 Å². The molecule has 0 bridgehead atoms. The Kier molecular flexibility index (Phi) is 4.60. The Labute approximate surface area is 167 Å². The standard InChI is InChI=1S/C21H22N4O2S/c1-21(2,3)27-20(26)25-9-7-24(8-10-25)19-16-6-11-28-18(16)15-5-4-14(13-22)12-17(15)23-19/h4-6,11-12H,7-10H2,1-3H3. The van der Waals surface area contributed by atoms with E-state index in [-0.39, 0.29) is 6.09 Å². The van der Waals surface area contributed by atoms with E-state index in [9.17, 15) is 10.1 Å². The summed E-state index contributed by atoms with van der Waals surface area (Å²) in [6.45, 7) is 8.22. The topological polar surface area (TPSA) is 69.5 Å². The lowest BCUT2D eigenvalue weighted by Gasteiger charge is -2.36. The summed E-state index contributed by atoms with van der Waals surface area (Å²) in [5, 5.41) is 13.5. The fourth-order valence-electron chi connectivity index (χ4n) is 3.42. The normalized spacial score (nSPS) is 15.1. The van der Waals surface area contributed by atoms with E-state index in [2.05, 4.69) is 22.4 Å². The van der Waals surface area contributed by atoms with Crippen LogP contribution in [0.5, 0.6) is 0 Å². The molecular weight excluding hydrogens is 372 g/mol. The molecule has 0 atom stereocenters. The van der Waals surface area contributed by atoms with Crippen LogP contribution in [-0.2, 0) is 4.74 Å². The average molecular weight is 395 g/mol. The van der Waals surface area contributed by atoms with Crippen LogP contribution in [0.25, 0.3) is 21.0 Å². The highest BCUT2D eigenvalue weighted by Crippen LogP contribution is 2.35. The number of pyridine rings is 1. The molecule has 2 aromatic heterocycles. The van der Waals surface area contributed by atoms with E-state index in [0.717, 1.165) is 22.1 Å². The first-order valence-electron chi connectivity index (χ1n) is 9.30. The molecule has 28 heavy (non-hydrogen) atoms. The fraction of sp³-hybridized carbons (Fsp3) is 0.381. The van der Waals surface area contributed by atoms with E-state index in [0.29, 0.717) is 31.7 Å². The minimum atomic E-state index is -0.491. The van der Waals surface area contributed by atoms with Crippen molar-refractivity contribution in [2.45, 2.75) is 26.4 Å². The van der Waals surface area contributed by atoms with Gasteiger partial charge in [-0.1, -0.05) is 6.07 Å². The first-order valence-corrected chi connectivity index (χ1v) is 10.2. The van der Waals surface area contributed by atoms with Crippen molar-refractivity contribution >= 4 is 44.2 Å². The minimum absolute atomic E-state index is 0.266. The Morgan fingerprint density at radius 1 is 1.18 bits per heavy atom. The number of hydrogen-bond acceptors (Lipinski definition) is 6. The number of nitriles is 1. The van der Waals surface area contributed by atoms with Crippen LogP contribution in [0.3, 0.4) is 0 Å². The third kappa shape index (κ3) is 3.48. The van der Waals surface area contributed by atoms with Crippen molar-refractivity contribution in [1.29, 1.82) is 5.26 Å². The van der Waals surface area contributed by atoms with Crippen LogP contribution >= 0.6 is 11.3 Å². The number of piperazine rings is 1. The molecule has 6 nitrogen and oxygen atoms in total. The quantitative estimate of drug-likeness (QED) is 0.613. The summed E-state index contributed by atoms with van der Waals surface area (Å²) in [5.74, 6) is 0.919. The molecular formula is C21H22N4O2S. The Bertz CT molecular complexity index is 1090. The zero-order valence-electron chi connectivity index (χ0n) is 16.2. The van der Waals surface area contributed by atoms with Crippen LogP contribution in [0, 0.1) is 11.3 Å². The van der Waals surface area contributed by atoms with E-state index >= 15 is 0 Å². The van der Waals surface area contributed by atoms with E-state index in [4.69, 9.17) is 9.72 Å². The number of anilines is 1. The number of fused-ring (bicyclic) bond motifs is 3. The van der Waals surface area contributed by atoms with Gasteiger partial charge < -0.3 is 14.5 Å². The monoisotopic (exact) mass is 394 g/mol. The van der Waals surface area contributed by atoms with Gasteiger partial charge in [-0.3, -0.25) is 0 Å². The first-order chi connectivity index (χ1) is 13.4. The predicted molar refractivity (Wildman–Crippen MR) is 112 cm³/mol. The number of amides is 1. The number of carbonyl (C=O) groups excluding carboxylic acids is 1. The molecule has 4 rings (SSSR count). The van der Waals surface area contributed by atoms with Gasteiger partial charge in [-0.2, -0.15) is 5.26 Å². The van der Waals surface area contributed by atoms with Gasteiger partial charge >= 0.3 is 6.09 Å². The second kappa shape index (κ2) is 6.95. The maximum Gasteiger partial charge on any atom is 0.410 e. The second-order valence-corrected chi connectivity index (χ2v) is 8.81. The summed E-state index contributed by atoms with van der Waals surface area (Å²) in [6.07, 6.45) is -0.266. The Morgan fingerprint density at radius 2 is 1.93 bits per heavy atom. The number of aromatic nitrogens is 1. The van der Waals surface area contributed by atoms with Crippen molar-refractivity contribution in [3.63, 3.8) is 0 Å². The summed E-state index contributed by atoms with van der Waals surface area (Å²) in [5.41, 5.74) is 0.949. The SMILES string of the molecule is CC(C)(C)OC(=O)N1CCN(c2nc3cc(C#N)ccc3c3sccc23)CC1. The van der Waals surface area contributed by atoms with E-state index < -0.39 is 5.60 Å². The molecule has 1 saturated heterocycles. The molecule has 0 N–H and O–H groups in total. The van der Waals surface area contributed by atoms with Gasteiger partial charge in [-0.05, 0) is 44.4 Å². The van der Waals surface area contributed by atoms with E-state index in [1.54, 1.807) is 16.2 Å². The molecule has 1 aliphatic heterocycles. The summed E-state index contributed by atoms with van der Waals surface area (Å²) in [4.78, 5) is 21.2. The molecule has 0 spiro atoms. The minimum Gasteiger partial charge on any atom is -0.444 e. The molecule has 1 aliphatic rings. The van der Waals surface area contributed by atoms with Crippen molar-refractivity contribution in [3.05, 3.63) is 35.2 Å². The van der Waals surface area contributed by atoms with Gasteiger partial charge in [0.15, 0.2) is 0 Å². The summed E-state index contributed by atoms with van der Waals surface area (Å²) in [7, 11) is 0. The third-order valence-electron chi connectivity index (χ3n) is 4.73. The van der Waals surface area contributed by atoms with Crippen LogP contribution in [0.4, 0.5) is 10.6 Å². The van der Waals surface area contributed by atoms with E-state index in [1.165, 1.54) is 4.70 Å². The number of thiophene rings is 1. The summed E-state index contributed by atoms with van der Waals surface area (Å²) >= 11 is 1.69. The van der Waals surface area contributed by atoms with Crippen LogP contribution < -0.4 is 4.90 Å². The third-order valence-corrected chi connectivity index (χ3v) is 5.68. The van der Waals surface area contributed by atoms with Crippen molar-refractivity contribution in [3.8, 4) is 6.07 Å². The van der Waals surface area contributed by atoms with Crippen molar-refractivity contribution in [2.75, 3.05) is 31.1 Å². The molecule has 1 aromatic carbocycles. The predicted octanol–water partition coefficient (Wildman–Crippen LogP) is 4.38. The lowest BCUT2D eigenvalue weighted by molar-refractivity contribution is 0.0240. The molecule has 0 radical (unpaired) electrons. The molecule has 7 heteroatoms. The number of benzene rings is 1. The highest BCUT2D eigenvalue weighted by molar-refractivity contribution is 7.18. The highest BCUT2D eigenvalue weighted by atomic mass is 32.1. The Hall–Kier alpha value is -2.85. The van der Waals surface area contributed by atoms with Gasteiger partial charge in [0.25, 0.3) is 0 Å². The molecule has 144 valence electrons. The van der Waals surface area contributed by atoms with Crippen molar-refractivity contribution < 1.29 is 9.53 Å². The van der Waals surface area contributed by atoms with Crippen molar-refractivity contribution in [2.24, 2.45) is 0 Å². The number of ether oxygens (including phenoxy) is 1. The average Bonchev–Trinajstić information content (AvgIpc) is 3.15. The van der Waals surface area contributed by atoms with Gasteiger partial charge in [-0.25, -0.2) is 9.78 Å². The first kappa shape index (κ1) is 18.5. The van der Waals surface area contributed by atoms with Gasteiger partial charge in [0.1, 0.15) is 11.4 Å². The van der Waals surface area contributed by atoms with Gasteiger partial charge in [0.2, 0.25) is 0 Å². The summed E-state index contributed by atoms with van der Waals surface area (Å²) < 4.78 is 6.66. The number of rotatable bonds is 1. The second-order valence-electron chi connectivity index (χ2n) is 7.90. The van der Waals surface area contributed by atoms with Crippen LogP contribution in [0.2, 0.25) is 0 Å². The zero-order valence-corrected chi connectivity index (χ0v) is 17.0. The van der Waals surface area contributed by atoms with E-state index in [1.807, 2.05) is 39.0 Å². The number of hydrogen-bond donors (Lipinski definition) is 0. The fourth-order valence-corrected chi connectivity index (χ4v) is 4.35. The molecule has 0 aliphatic carbocycles. The number of carbonyl (C=O) groups is 1. The highest BCUT2D eigenvalue weighted by Gasteiger charge is 2.27. The summed E-state index contributed by atoms with van der Waals surface area (Å²) in [6, 6.07) is 9.94. The Morgan fingerprint density at radius 3 is 2.61 bits per heavy atom. The van der Waals surface area contributed by atoms with Gasteiger partial charge in [-0.15, -0.1) is 11.3 Å².